The topological polar surface area (TPSA) is 61.4 Å². The number of aromatic amines is 1. The van der Waals surface area contributed by atoms with E-state index in [4.69, 9.17) is 9.84 Å². The Bertz CT molecular complexity index is 921. The highest BCUT2D eigenvalue weighted by Crippen LogP contribution is 2.25. The summed E-state index contributed by atoms with van der Waals surface area (Å²) in [6.07, 6.45) is 5.56. The second-order valence-corrected chi connectivity index (χ2v) is 7.91. The van der Waals surface area contributed by atoms with Crippen LogP contribution in [-0.4, -0.2) is 46.5 Å². The first-order valence-corrected chi connectivity index (χ1v) is 10.2. The maximum Gasteiger partial charge on any atom is 0.122 e. The first-order valence-electron chi connectivity index (χ1n) is 10.2. The third-order valence-corrected chi connectivity index (χ3v) is 5.64. The van der Waals surface area contributed by atoms with Crippen LogP contribution in [0.1, 0.15) is 29.5 Å². The van der Waals surface area contributed by atoms with Crippen LogP contribution in [0.5, 0.6) is 5.75 Å². The van der Waals surface area contributed by atoms with Crippen molar-refractivity contribution in [1.29, 1.82) is 0 Å². The maximum absolute atomic E-state index is 9.01. The molecule has 148 valence electrons. The third-order valence-electron chi connectivity index (χ3n) is 5.64. The van der Waals surface area contributed by atoms with Crippen LogP contribution in [0.3, 0.4) is 0 Å². The molecule has 4 rings (SSSR count). The van der Waals surface area contributed by atoms with Crippen molar-refractivity contribution in [1.82, 2.24) is 15.1 Å². The van der Waals surface area contributed by atoms with E-state index < -0.39 is 0 Å². The fourth-order valence-corrected chi connectivity index (χ4v) is 4.23. The highest BCUT2D eigenvalue weighted by molar-refractivity contribution is 5.78. The largest absolute Gasteiger partial charge is 0.491 e. The fraction of sp³-hybridized carbons (Fsp3) is 0.435. The lowest BCUT2D eigenvalue weighted by Crippen LogP contribution is -2.35. The number of hydrogen-bond acceptors (Lipinski definition) is 4. The van der Waals surface area contributed by atoms with E-state index in [1.165, 1.54) is 29.4 Å². The number of likely N-dealkylation sites (tertiary alicyclic amines) is 1. The van der Waals surface area contributed by atoms with Crippen molar-refractivity contribution in [3.63, 3.8) is 0 Å². The molecule has 3 aromatic rings. The predicted octanol–water partition coefficient (Wildman–Crippen LogP) is 3.70. The van der Waals surface area contributed by atoms with Crippen LogP contribution in [0.2, 0.25) is 0 Å². The molecule has 0 saturated carbocycles. The summed E-state index contributed by atoms with van der Waals surface area (Å²) in [5.74, 6) is 1.57. The number of nitrogens with zero attached hydrogens (tertiary/aromatic N) is 2. The number of hydrogen-bond donors (Lipinski definition) is 2. The molecule has 28 heavy (non-hydrogen) atoms. The van der Waals surface area contributed by atoms with Crippen LogP contribution in [-0.2, 0) is 13.0 Å². The molecule has 2 aromatic carbocycles. The van der Waals surface area contributed by atoms with Gasteiger partial charge < -0.3 is 9.84 Å². The number of H-pyrrole nitrogens is 1. The van der Waals surface area contributed by atoms with Gasteiger partial charge >= 0.3 is 0 Å². The van der Waals surface area contributed by atoms with E-state index in [-0.39, 0.29) is 6.61 Å². The lowest BCUT2D eigenvalue weighted by atomic mass is 9.90. The summed E-state index contributed by atoms with van der Waals surface area (Å²) in [6, 6.07) is 13.1. The smallest absolute Gasteiger partial charge is 0.122 e. The number of aliphatic hydroxyl groups is 1. The third kappa shape index (κ3) is 4.54. The van der Waals surface area contributed by atoms with E-state index in [1.807, 2.05) is 13.1 Å². The lowest BCUT2D eigenvalue weighted by Gasteiger charge is -2.33. The zero-order valence-corrected chi connectivity index (χ0v) is 16.5. The number of benzene rings is 2. The normalized spacial score (nSPS) is 17.9. The number of fused-ring (bicyclic) bond motifs is 1. The molecule has 0 bridgehead atoms. The first kappa shape index (κ1) is 19.0. The summed E-state index contributed by atoms with van der Waals surface area (Å²) in [7, 11) is 0. The summed E-state index contributed by atoms with van der Waals surface area (Å²) < 4.78 is 5.67. The van der Waals surface area contributed by atoms with Gasteiger partial charge in [-0.05, 0) is 73.5 Å². The minimum atomic E-state index is 0.0437. The number of aryl methyl sites for hydroxylation is 1. The quantitative estimate of drug-likeness (QED) is 0.657. The van der Waals surface area contributed by atoms with Crippen molar-refractivity contribution in [3.8, 4) is 5.75 Å². The van der Waals surface area contributed by atoms with Crippen LogP contribution in [0.25, 0.3) is 10.9 Å². The number of piperidine rings is 1. The van der Waals surface area contributed by atoms with E-state index in [0.717, 1.165) is 42.9 Å². The summed E-state index contributed by atoms with van der Waals surface area (Å²) in [5.41, 5.74) is 4.89. The Morgan fingerprint density at radius 3 is 3.00 bits per heavy atom. The maximum atomic E-state index is 9.01. The van der Waals surface area contributed by atoms with E-state index in [9.17, 15) is 0 Å². The summed E-state index contributed by atoms with van der Waals surface area (Å²) in [4.78, 5) is 2.56. The number of nitrogens with one attached hydrogen (secondary N) is 1. The van der Waals surface area contributed by atoms with Crippen LogP contribution in [0, 0.1) is 12.8 Å². The first-order chi connectivity index (χ1) is 13.7. The van der Waals surface area contributed by atoms with Gasteiger partial charge in [0.25, 0.3) is 0 Å². The van der Waals surface area contributed by atoms with E-state index in [2.05, 4.69) is 51.5 Å². The Balaban J connectivity index is 1.38. The van der Waals surface area contributed by atoms with Crippen LogP contribution in [0.15, 0.2) is 42.6 Å². The molecule has 0 spiro atoms. The van der Waals surface area contributed by atoms with Crippen molar-refractivity contribution < 1.29 is 9.84 Å². The van der Waals surface area contributed by atoms with Gasteiger partial charge in [-0.15, -0.1) is 0 Å². The van der Waals surface area contributed by atoms with Crippen LogP contribution < -0.4 is 4.74 Å². The number of aromatic nitrogens is 2. The zero-order valence-electron chi connectivity index (χ0n) is 16.5. The molecule has 2 heterocycles. The van der Waals surface area contributed by atoms with Crippen LogP contribution in [0.4, 0.5) is 0 Å². The van der Waals surface area contributed by atoms with E-state index >= 15 is 0 Å². The number of ether oxygens (including phenoxy) is 1. The molecule has 0 amide bonds. The predicted molar refractivity (Wildman–Crippen MR) is 112 cm³/mol. The summed E-state index contributed by atoms with van der Waals surface area (Å²) in [5, 5.41) is 17.3. The van der Waals surface area contributed by atoms with Gasteiger partial charge in [0.2, 0.25) is 0 Å². The zero-order chi connectivity index (χ0) is 19.3. The highest BCUT2D eigenvalue weighted by atomic mass is 16.5. The van der Waals surface area contributed by atoms with E-state index in [1.54, 1.807) is 0 Å². The molecule has 5 nitrogen and oxygen atoms in total. The number of rotatable bonds is 7. The summed E-state index contributed by atoms with van der Waals surface area (Å²) in [6.45, 7) is 5.67. The molecule has 0 unspecified atom stereocenters. The van der Waals surface area contributed by atoms with Crippen molar-refractivity contribution in [2.75, 3.05) is 26.3 Å². The minimum absolute atomic E-state index is 0.0437. The van der Waals surface area contributed by atoms with Gasteiger partial charge in [-0.25, -0.2) is 0 Å². The monoisotopic (exact) mass is 379 g/mol. The van der Waals surface area contributed by atoms with Crippen molar-refractivity contribution in [3.05, 3.63) is 59.3 Å². The van der Waals surface area contributed by atoms with Crippen molar-refractivity contribution >= 4 is 10.9 Å². The molecular formula is C23H29N3O2. The Labute approximate surface area is 166 Å². The average Bonchev–Trinajstić information content (AvgIpc) is 3.16. The Kier molecular flexibility index (Phi) is 5.93. The average molecular weight is 380 g/mol. The van der Waals surface area contributed by atoms with Crippen molar-refractivity contribution in [2.24, 2.45) is 5.92 Å². The summed E-state index contributed by atoms with van der Waals surface area (Å²) >= 11 is 0. The molecule has 1 fully saturated rings. The minimum Gasteiger partial charge on any atom is -0.491 e. The molecule has 0 aliphatic carbocycles. The second kappa shape index (κ2) is 8.76. The molecule has 1 aromatic heterocycles. The van der Waals surface area contributed by atoms with Gasteiger partial charge in [0.15, 0.2) is 0 Å². The molecule has 2 N–H and O–H groups in total. The van der Waals surface area contributed by atoms with Gasteiger partial charge in [0.1, 0.15) is 12.4 Å². The molecule has 1 aliphatic heterocycles. The molecule has 1 aliphatic rings. The van der Waals surface area contributed by atoms with Gasteiger partial charge in [-0.3, -0.25) is 10.00 Å². The van der Waals surface area contributed by atoms with Crippen LogP contribution >= 0.6 is 0 Å². The van der Waals surface area contributed by atoms with Gasteiger partial charge in [0.05, 0.1) is 18.3 Å². The lowest BCUT2D eigenvalue weighted by molar-refractivity contribution is 0.166. The Morgan fingerprint density at radius 1 is 1.21 bits per heavy atom. The van der Waals surface area contributed by atoms with Gasteiger partial charge in [-0.1, -0.05) is 18.2 Å². The second-order valence-electron chi connectivity index (χ2n) is 7.91. The van der Waals surface area contributed by atoms with E-state index in [0.29, 0.717) is 12.5 Å². The SMILES string of the molecule is Cc1ccc(CN2CCC[C@H](Cc3ccc4[nH]ncc4c3)C2)cc1OCCO. The molecule has 0 radical (unpaired) electrons. The Morgan fingerprint density at radius 2 is 2.11 bits per heavy atom. The van der Waals surface area contributed by atoms with Gasteiger partial charge in [0, 0.05) is 18.5 Å². The molecular weight excluding hydrogens is 350 g/mol. The fourth-order valence-electron chi connectivity index (χ4n) is 4.23. The number of aliphatic hydroxyl groups excluding tert-OH is 1. The molecule has 5 heteroatoms. The highest BCUT2D eigenvalue weighted by Gasteiger charge is 2.20. The van der Waals surface area contributed by atoms with Gasteiger partial charge in [-0.2, -0.15) is 5.10 Å². The molecule has 1 atom stereocenters. The Hall–Kier alpha value is -2.37. The molecule has 1 saturated heterocycles. The standard InChI is InChI=1S/C23H29N3O2/c1-17-4-5-20(13-23(17)28-10-9-27)16-26-8-2-3-19(15-26)11-18-6-7-22-21(12-18)14-24-25-22/h4-7,12-14,19,27H,2-3,8-11,15-16H2,1H3,(H,24,25)/t19-/m1/s1. The van der Waals surface area contributed by atoms with Crippen molar-refractivity contribution in [2.45, 2.75) is 32.7 Å².